The van der Waals surface area contributed by atoms with Crippen LogP contribution in [0.1, 0.15) is 11.1 Å². The number of hydrazine groups is 1. The Balaban J connectivity index is 1.69. The third-order valence-corrected chi connectivity index (χ3v) is 3.54. The number of ether oxygens (including phenoxy) is 2. The number of carbonyl (C=O) groups excluding carboxylic acids is 1. The maximum Gasteiger partial charge on any atom is 0.294 e. The topological polar surface area (TPSA) is 103 Å². The van der Waals surface area contributed by atoms with E-state index in [9.17, 15) is 19.3 Å². The lowest BCUT2D eigenvalue weighted by atomic mass is 10.1. The Kier molecular flexibility index (Phi) is 5.09. The van der Waals surface area contributed by atoms with E-state index in [2.05, 4.69) is 10.9 Å². The highest BCUT2D eigenvalue weighted by Gasteiger charge is 2.16. The minimum atomic E-state index is -0.576. The first-order chi connectivity index (χ1) is 12.5. The normalized spacial score (nSPS) is 13.0. The highest BCUT2D eigenvalue weighted by atomic mass is 19.1. The van der Waals surface area contributed by atoms with Crippen molar-refractivity contribution in [3.8, 4) is 5.75 Å². The molecule has 2 N–H and O–H groups in total. The molecule has 0 bridgehead atoms. The summed E-state index contributed by atoms with van der Waals surface area (Å²) in [5.41, 5.74) is 5.71. The van der Waals surface area contributed by atoms with Crippen molar-refractivity contribution in [2.45, 2.75) is 6.61 Å². The fraction of sp³-hybridized carbons (Fsp3) is 0.118. The maximum atomic E-state index is 13.6. The third kappa shape index (κ3) is 3.95. The highest BCUT2D eigenvalue weighted by Crippen LogP contribution is 2.30. The van der Waals surface area contributed by atoms with Crippen molar-refractivity contribution in [1.82, 2.24) is 5.43 Å². The Morgan fingerprint density at radius 3 is 2.92 bits per heavy atom. The van der Waals surface area contributed by atoms with E-state index in [0.29, 0.717) is 16.9 Å². The van der Waals surface area contributed by atoms with Gasteiger partial charge in [0.25, 0.3) is 11.6 Å². The van der Waals surface area contributed by atoms with Gasteiger partial charge in [-0.15, -0.1) is 0 Å². The van der Waals surface area contributed by atoms with Gasteiger partial charge in [-0.3, -0.25) is 25.8 Å². The molecular weight excluding hydrogens is 345 g/mol. The van der Waals surface area contributed by atoms with Gasteiger partial charge in [0.15, 0.2) is 6.79 Å². The highest BCUT2D eigenvalue weighted by molar-refractivity contribution is 5.93. The van der Waals surface area contributed by atoms with E-state index < -0.39 is 16.6 Å². The molecule has 0 atom stereocenters. The van der Waals surface area contributed by atoms with Crippen LogP contribution in [-0.2, 0) is 16.1 Å². The summed E-state index contributed by atoms with van der Waals surface area (Å²) in [6.07, 6.45) is 2.55. The molecule has 1 aliphatic rings. The predicted molar refractivity (Wildman–Crippen MR) is 90.6 cm³/mol. The molecule has 2 aromatic rings. The number of amides is 1. The molecule has 26 heavy (non-hydrogen) atoms. The van der Waals surface area contributed by atoms with Crippen LogP contribution in [0.25, 0.3) is 6.08 Å². The molecule has 0 radical (unpaired) electrons. The minimum Gasteiger partial charge on any atom is -0.467 e. The molecule has 1 amide bonds. The first-order valence-corrected chi connectivity index (χ1v) is 7.55. The van der Waals surface area contributed by atoms with Gasteiger partial charge >= 0.3 is 0 Å². The van der Waals surface area contributed by atoms with E-state index in [4.69, 9.17) is 9.47 Å². The lowest BCUT2D eigenvalue weighted by Gasteiger charge is -2.19. The number of nitro benzene ring substituents is 1. The van der Waals surface area contributed by atoms with Crippen LogP contribution in [0.5, 0.6) is 5.75 Å². The smallest absolute Gasteiger partial charge is 0.294 e. The van der Waals surface area contributed by atoms with Gasteiger partial charge in [-0.25, -0.2) is 4.39 Å². The van der Waals surface area contributed by atoms with E-state index in [1.807, 2.05) is 0 Å². The number of fused-ring (bicyclic) bond motifs is 1. The van der Waals surface area contributed by atoms with Crippen molar-refractivity contribution in [1.29, 1.82) is 0 Å². The summed E-state index contributed by atoms with van der Waals surface area (Å²) in [7, 11) is 0. The van der Waals surface area contributed by atoms with Gasteiger partial charge in [0, 0.05) is 23.3 Å². The monoisotopic (exact) mass is 359 g/mol. The zero-order valence-electron chi connectivity index (χ0n) is 13.4. The zero-order chi connectivity index (χ0) is 18.5. The number of hydrogen-bond donors (Lipinski definition) is 2. The Bertz CT molecular complexity index is 885. The number of halogens is 1. The van der Waals surface area contributed by atoms with Crippen LogP contribution in [0.15, 0.2) is 42.5 Å². The van der Waals surface area contributed by atoms with Crippen LogP contribution >= 0.6 is 0 Å². The summed E-state index contributed by atoms with van der Waals surface area (Å²) >= 11 is 0. The molecule has 0 unspecified atom stereocenters. The summed E-state index contributed by atoms with van der Waals surface area (Å²) in [6.45, 7) is 0.268. The van der Waals surface area contributed by atoms with Gasteiger partial charge in [-0.1, -0.05) is 12.1 Å². The molecule has 0 fully saturated rings. The SMILES string of the molecule is O=C(C=Cc1cc(F)cc2c1OCOC2)NNc1ccccc1[N+](=O)[O-]. The molecule has 1 aliphatic heterocycles. The van der Waals surface area contributed by atoms with Crippen LogP contribution in [0.2, 0.25) is 0 Å². The van der Waals surface area contributed by atoms with Crippen molar-refractivity contribution in [3.63, 3.8) is 0 Å². The summed E-state index contributed by atoms with van der Waals surface area (Å²) in [5, 5.41) is 10.9. The lowest BCUT2D eigenvalue weighted by Crippen LogP contribution is -2.27. The zero-order valence-corrected chi connectivity index (χ0v) is 13.4. The molecule has 0 aromatic heterocycles. The molecule has 0 spiro atoms. The predicted octanol–water partition coefficient (Wildman–Crippen LogP) is 2.76. The fourth-order valence-corrected chi connectivity index (χ4v) is 2.41. The molecule has 8 nitrogen and oxygen atoms in total. The number of nitrogens with zero attached hydrogens (tertiary/aromatic N) is 1. The molecular formula is C17H14FN3O5. The van der Waals surface area contributed by atoms with E-state index in [-0.39, 0.29) is 24.8 Å². The summed E-state index contributed by atoms with van der Waals surface area (Å²) in [6, 6.07) is 8.42. The molecule has 2 aromatic carbocycles. The van der Waals surface area contributed by atoms with Crippen molar-refractivity contribution >= 4 is 23.4 Å². The second-order valence-corrected chi connectivity index (χ2v) is 5.32. The van der Waals surface area contributed by atoms with Crippen LogP contribution in [0.4, 0.5) is 15.8 Å². The Morgan fingerprint density at radius 1 is 1.31 bits per heavy atom. The Morgan fingerprint density at radius 2 is 2.12 bits per heavy atom. The van der Waals surface area contributed by atoms with Gasteiger partial charge in [0.05, 0.1) is 11.5 Å². The maximum absolute atomic E-state index is 13.6. The lowest BCUT2D eigenvalue weighted by molar-refractivity contribution is -0.384. The molecule has 0 saturated carbocycles. The average Bonchev–Trinajstić information content (AvgIpc) is 2.64. The molecule has 1 heterocycles. The molecule has 0 saturated heterocycles. The molecule has 3 rings (SSSR count). The van der Waals surface area contributed by atoms with Gasteiger partial charge < -0.3 is 9.47 Å². The van der Waals surface area contributed by atoms with Crippen LogP contribution in [-0.4, -0.2) is 17.6 Å². The second kappa shape index (κ2) is 7.62. The van der Waals surface area contributed by atoms with E-state index in [1.54, 1.807) is 6.07 Å². The largest absolute Gasteiger partial charge is 0.467 e. The minimum absolute atomic E-state index is 0.0465. The first-order valence-electron chi connectivity index (χ1n) is 7.55. The molecule has 134 valence electrons. The van der Waals surface area contributed by atoms with Crippen molar-refractivity contribution < 1.29 is 23.6 Å². The Labute approximate surface area is 147 Å². The fourth-order valence-electron chi connectivity index (χ4n) is 2.41. The van der Waals surface area contributed by atoms with Crippen LogP contribution < -0.4 is 15.6 Å². The van der Waals surface area contributed by atoms with Crippen LogP contribution in [0.3, 0.4) is 0 Å². The number of hydrogen-bond acceptors (Lipinski definition) is 6. The summed E-state index contributed by atoms with van der Waals surface area (Å²) in [4.78, 5) is 22.3. The molecule has 9 heteroatoms. The first kappa shape index (κ1) is 17.4. The standard InChI is InChI=1S/C17H14FN3O5/c18-13-7-11(17-12(8-13)9-25-10-26-17)5-6-16(22)20-19-14-3-1-2-4-15(14)21(23)24/h1-8,19H,9-10H2,(H,20,22). The van der Waals surface area contributed by atoms with Crippen molar-refractivity contribution in [2.24, 2.45) is 0 Å². The number of benzene rings is 2. The quantitative estimate of drug-likeness (QED) is 0.483. The van der Waals surface area contributed by atoms with Crippen molar-refractivity contribution in [3.05, 3.63) is 69.5 Å². The van der Waals surface area contributed by atoms with Gasteiger partial charge in [-0.2, -0.15) is 0 Å². The van der Waals surface area contributed by atoms with Crippen molar-refractivity contribution in [2.75, 3.05) is 12.2 Å². The number of rotatable bonds is 5. The van der Waals surface area contributed by atoms with Gasteiger partial charge in [0.1, 0.15) is 17.3 Å². The summed E-state index contributed by atoms with van der Waals surface area (Å²) < 4.78 is 24.1. The number of carbonyl (C=O) groups is 1. The van der Waals surface area contributed by atoms with Gasteiger partial charge in [0.2, 0.25) is 0 Å². The second-order valence-electron chi connectivity index (χ2n) is 5.32. The van der Waals surface area contributed by atoms with Gasteiger partial charge in [-0.05, 0) is 24.3 Å². The third-order valence-electron chi connectivity index (χ3n) is 3.54. The van der Waals surface area contributed by atoms with E-state index in [1.165, 1.54) is 36.4 Å². The number of anilines is 1. The van der Waals surface area contributed by atoms with E-state index >= 15 is 0 Å². The summed E-state index contributed by atoms with van der Waals surface area (Å²) in [5.74, 6) is -0.600. The van der Waals surface area contributed by atoms with Crippen LogP contribution in [0, 0.1) is 15.9 Å². The Hall–Kier alpha value is -3.46. The number of nitro groups is 1. The molecule has 0 aliphatic carbocycles. The van der Waals surface area contributed by atoms with E-state index in [0.717, 1.165) is 6.08 Å². The number of nitrogens with one attached hydrogen (secondary N) is 2. The number of para-hydroxylation sites is 2. The average molecular weight is 359 g/mol.